The predicted octanol–water partition coefficient (Wildman–Crippen LogP) is 4.36. The van der Waals surface area contributed by atoms with Crippen molar-refractivity contribution in [1.82, 2.24) is 5.32 Å². The highest BCUT2D eigenvalue weighted by Gasteiger charge is 2.19. The van der Waals surface area contributed by atoms with E-state index in [1.807, 2.05) is 18.2 Å². The normalized spacial score (nSPS) is 14.6. The summed E-state index contributed by atoms with van der Waals surface area (Å²) in [5.41, 5.74) is 3.68. The Kier molecular flexibility index (Phi) is 4.47. The molecule has 3 rings (SSSR count). The molecule has 1 N–H and O–H groups in total. The van der Waals surface area contributed by atoms with E-state index >= 15 is 0 Å². The van der Waals surface area contributed by atoms with Crippen LogP contribution in [0.3, 0.4) is 0 Å². The molecule has 0 saturated carbocycles. The summed E-state index contributed by atoms with van der Waals surface area (Å²) in [5, 5.41) is 4.42. The first-order valence-corrected chi connectivity index (χ1v) is 7.91. The third kappa shape index (κ3) is 3.07. The fourth-order valence-electron chi connectivity index (χ4n) is 2.79. The maximum Gasteiger partial charge on any atom is 0.122 e. The minimum Gasteiger partial charge on any atom is -0.493 e. The third-order valence-electron chi connectivity index (χ3n) is 3.86. The molecule has 1 atom stereocenters. The number of benzene rings is 2. The fraction of sp³-hybridized carbons (Fsp3) is 0.333. The first kappa shape index (κ1) is 14.4. The predicted molar refractivity (Wildman–Crippen MR) is 87.2 cm³/mol. The van der Waals surface area contributed by atoms with Crippen molar-refractivity contribution in [2.75, 3.05) is 13.2 Å². The zero-order valence-electron chi connectivity index (χ0n) is 12.2. The van der Waals surface area contributed by atoms with Gasteiger partial charge in [0.1, 0.15) is 5.75 Å². The summed E-state index contributed by atoms with van der Waals surface area (Å²) in [6.45, 7) is 3.93. The molecule has 0 aliphatic carbocycles. The third-order valence-corrected chi connectivity index (χ3v) is 4.21. The molecule has 0 saturated heterocycles. The Hall–Kier alpha value is -1.51. The summed E-state index contributed by atoms with van der Waals surface area (Å²) in [4.78, 5) is 0. The highest BCUT2D eigenvalue weighted by Crippen LogP contribution is 2.33. The molecule has 2 nitrogen and oxygen atoms in total. The summed E-state index contributed by atoms with van der Waals surface area (Å²) in [5.74, 6) is 1.02. The molecule has 21 heavy (non-hydrogen) atoms. The average molecular weight is 302 g/mol. The molecule has 1 aliphatic rings. The van der Waals surface area contributed by atoms with Crippen LogP contribution in [0.5, 0.6) is 5.75 Å². The summed E-state index contributed by atoms with van der Waals surface area (Å²) >= 11 is 6.40. The second kappa shape index (κ2) is 6.50. The van der Waals surface area contributed by atoms with Crippen molar-refractivity contribution >= 4 is 11.6 Å². The standard InChI is InChI=1S/C18H20ClNO/c1-2-10-20-18(15-5-3-4-6-16(15)19)14-7-8-17-13(12-14)9-11-21-17/h3-8,12,18,20H,2,9-11H2,1H3. The molecule has 1 heterocycles. The zero-order valence-corrected chi connectivity index (χ0v) is 13.0. The van der Waals surface area contributed by atoms with Gasteiger partial charge in [-0.2, -0.15) is 0 Å². The number of hydrogen-bond acceptors (Lipinski definition) is 2. The number of rotatable bonds is 5. The Morgan fingerprint density at radius 2 is 2.10 bits per heavy atom. The van der Waals surface area contributed by atoms with Gasteiger partial charge in [-0.05, 0) is 41.8 Å². The van der Waals surface area contributed by atoms with Gasteiger partial charge < -0.3 is 10.1 Å². The van der Waals surface area contributed by atoms with Gasteiger partial charge >= 0.3 is 0 Å². The fourth-order valence-corrected chi connectivity index (χ4v) is 3.04. The van der Waals surface area contributed by atoms with Crippen LogP contribution >= 0.6 is 11.6 Å². The topological polar surface area (TPSA) is 21.3 Å². The van der Waals surface area contributed by atoms with Crippen molar-refractivity contribution in [3.63, 3.8) is 0 Å². The van der Waals surface area contributed by atoms with Gasteiger partial charge in [0.2, 0.25) is 0 Å². The molecular formula is C18H20ClNO. The first-order valence-electron chi connectivity index (χ1n) is 7.53. The van der Waals surface area contributed by atoms with Crippen LogP contribution in [-0.4, -0.2) is 13.2 Å². The second-order valence-corrected chi connectivity index (χ2v) is 5.78. The van der Waals surface area contributed by atoms with Crippen molar-refractivity contribution < 1.29 is 4.74 Å². The highest BCUT2D eigenvalue weighted by atomic mass is 35.5. The van der Waals surface area contributed by atoms with E-state index in [-0.39, 0.29) is 6.04 Å². The van der Waals surface area contributed by atoms with E-state index < -0.39 is 0 Å². The Bertz CT molecular complexity index is 626. The van der Waals surface area contributed by atoms with Crippen molar-refractivity contribution in [3.8, 4) is 5.75 Å². The molecule has 1 aliphatic heterocycles. The van der Waals surface area contributed by atoms with E-state index in [0.717, 1.165) is 42.3 Å². The minimum absolute atomic E-state index is 0.129. The maximum absolute atomic E-state index is 6.40. The molecule has 0 fully saturated rings. The van der Waals surface area contributed by atoms with E-state index in [1.165, 1.54) is 11.1 Å². The van der Waals surface area contributed by atoms with E-state index in [1.54, 1.807) is 0 Å². The Morgan fingerprint density at radius 3 is 2.90 bits per heavy atom. The van der Waals surface area contributed by atoms with Gasteiger partial charge in [-0.15, -0.1) is 0 Å². The van der Waals surface area contributed by atoms with Crippen LogP contribution in [0.1, 0.15) is 36.1 Å². The van der Waals surface area contributed by atoms with E-state index in [9.17, 15) is 0 Å². The summed E-state index contributed by atoms with van der Waals surface area (Å²) in [7, 11) is 0. The van der Waals surface area contributed by atoms with Gasteiger partial charge in [0.05, 0.1) is 12.6 Å². The number of fused-ring (bicyclic) bond motifs is 1. The number of hydrogen-bond donors (Lipinski definition) is 1. The van der Waals surface area contributed by atoms with Crippen LogP contribution in [0, 0.1) is 0 Å². The van der Waals surface area contributed by atoms with Gasteiger partial charge in [0.15, 0.2) is 0 Å². The zero-order chi connectivity index (χ0) is 14.7. The van der Waals surface area contributed by atoms with E-state index in [4.69, 9.17) is 16.3 Å². The lowest BCUT2D eigenvalue weighted by molar-refractivity contribution is 0.357. The Morgan fingerprint density at radius 1 is 1.24 bits per heavy atom. The lowest BCUT2D eigenvalue weighted by Crippen LogP contribution is -2.23. The van der Waals surface area contributed by atoms with Crippen molar-refractivity contribution in [2.45, 2.75) is 25.8 Å². The SMILES string of the molecule is CCCNC(c1ccc2c(c1)CCO2)c1ccccc1Cl. The van der Waals surface area contributed by atoms with Gasteiger partial charge in [-0.3, -0.25) is 0 Å². The van der Waals surface area contributed by atoms with Crippen LogP contribution in [0.15, 0.2) is 42.5 Å². The number of ether oxygens (including phenoxy) is 1. The Labute approximate surface area is 131 Å². The lowest BCUT2D eigenvalue weighted by atomic mass is 9.96. The van der Waals surface area contributed by atoms with Crippen LogP contribution in [0.25, 0.3) is 0 Å². The van der Waals surface area contributed by atoms with Crippen molar-refractivity contribution in [3.05, 3.63) is 64.2 Å². The lowest BCUT2D eigenvalue weighted by Gasteiger charge is -2.21. The monoisotopic (exact) mass is 301 g/mol. The molecule has 0 aromatic heterocycles. The van der Waals surface area contributed by atoms with Gasteiger partial charge in [0, 0.05) is 11.4 Å². The molecular weight excluding hydrogens is 282 g/mol. The molecule has 2 aromatic carbocycles. The first-order chi connectivity index (χ1) is 10.3. The maximum atomic E-state index is 6.40. The van der Waals surface area contributed by atoms with E-state index in [2.05, 4.69) is 36.5 Å². The largest absolute Gasteiger partial charge is 0.493 e. The highest BCUT2D eigenvalue weighted by molar-refractivity contribution is 6.31. The summed E-state index contributed by atoms with van der Waals surface area (Å²) in [6.07, 6.45) is 2.08. The molecule has 1 unspecified atom stereocenters. The molecule has 0 bridgehead atoms. The van der Waals surface area contributed by atoms with Crippen LogP contribution in [0.2, 0.25) is 5.02 Å². The molecule has 0 spiro atoms. The van der Waals surface area contributed by atoms with Crippen LogP contribution in [-0.2, 0) is 6.42 Å². The van der Waals surface area contributed by atoms with Gasteiger partial charge in [-0.1, -0.05) is 48.9 Å². The number of halogens is 1. The van der Waals surface area contributed by atoms with Crippen molar-refractivity contribution in [1.29, 1.82) is 0 Å². The number of nitrogens with one attached hydrogen (secondary N) is 1. The molecule has 110 valence electrons. The molecule has 0 amide bonds. The van der Waals surface area contributed by atoms with E-state index in [0.29, 0.717) is 0 Å². The quantitative estimate of drug-likeness (QED) is 0.886. The summed E-state index contributed by atoms with van der Waals surface area (Å²) in [6, 6.07) is 14.7. The van der Waals surface area contributed by atoms with Crippen LogP contribution in [0.4, 0.5) is 0 Å². The molecule has 2 aromatic rings. The molecule has 3 heteroatoms. The second-order valence-electron chi connectivity index (χ2n) is 5.37. The summed E-state index contributed by atoms with van der Waals surface area (Å²) < 4.78 is 5.60. The van der Waals surface area contributed by atoms with Gasteiger partial charge in [-0.25, -0.2) is 0 Å². The minimum atomic E-state index is 0.129. The smallest absolute Gasteiger partial charge is 0.122 e. The van der Waals surface area contributed by atoms with Gasteiger partial charge in [0.25, 0.3) is 0 Å². The molecule has 0 radical (unpaired) electrons. The van der Waals surface area contributed by atoms with Crippen molar-refractivity contribution in [2.24, 2.45) is 0 Å². The average Bonchev–Trinajstić information content (AvgIpc) is 2.97. The van der Waals surface area contributed by atoms with Crippen LogP contribution < -0.4 is 10.1 Å². The Balaban J connectivity index is 1.97.